The minimum absolute atomic E-state index is 0.107. The summed E-state index contributed by atoms with van der Waals surface area (Å²) in [6, 6.07) is 4.28. The molecule has 0 bridgehead atoms. The topological polar surface area (TPSA) is 33.1 Å². The molecule has 0 spiro atoms. The smallest absolute Gasteiger partial charge is 0.226 e. The molecule has 0 saturated heterocycles. The Hall–Kier alpha value is -0.680. The monoisotopic (exact) mass is 319 g/mol. The van der Waals surface area contributed by atoms with E-state index in [1.54, 1.807) is 6.07 Å². The van der Waals surface area contributed by atoms with Gasteiger partial charge < -0.3 is 5.11 Å². The summed E-state index contributed by atoms with van der Waals surface area (Å²) in [6.45, 7) is 0. The normalized spacial score (nSPS) is 10.8. The van der Waals surface area contributed by atoms with Crippen molar-refractivity contribution >= 4 is 42.8 Å². The Kier molecular flexibility index (Phi) is 2.45. The van der Waals surface area contributed by atoms with Gasteiger partial charge >= 0.3 is 0 Å². The van der Waals surface area contributed by atoms with Gasteiger partial charge in [-0.25, -0.2) is 9.37 Å². The zero-order valence-electron chi connectivity index (χ0n) is 6.76. The van der Waals surface area contributed by atoms with E-state index in [-0.39, 0.29) is 11.7 Å². The number of fused-ring (bicyclic) bond motifs is 1. The van der Waals surface area contributed by atoms with E-state index in [1.165, 1.54) is 12.1 Å². The molecule has 0 amide bonds. The van der Waals surface area contributed by atoms with E-state index in [4.69, 9.17) is 0 Å². The first-order chi connectivity index (χ1) is 6.58. The third kappa shape index (κ3) is 1.62. The lowest BCUT2D eigenvalue weighted by atomic mass is 10.2. The standard InChI is InChI=1S/C9H4Br2FNO/c10-6-3-5(12)1-4-2-7(11)9(14)13-8(4)6/h1-3H,(H,13,14). The predicted octanol–water partition coefficient (Wildman–Crippen LogP) is 3.60. The Morgan fingerprint density at radius 2 is 1.86 bits per heavy atom. The van der Waals surface area contributed by atoms with Gasteiger partial charge in [-0.1, -0.05) is 0 Å². The van der Waals surface area contributed by atoms with E-state index < -0.39 is 0 Å². The van der Waals surface area contributed by atoms with Gasteiger partial charge in [0, 0.05) is 9.86 Å². The maximum Gasteiger partial charge on any atom is 0.226 e. The quantitative estimate of drug-likeness (QED) is 0.804. The Labute approximate surface area is 96.0 Å². The second-order valence-electron chi connectivity index (χ2n) is 2.75. The Balaban J connectivity index is 2.89. The number of pyridine rings is 1. The van der Waals surface area contributed by atoms with Gasteiger partial charge in [0.05, 0.1) is 9.99 Å². The highest BCUT2D eigenvalue weighted by atomic mass is 79.9. The number of halogens is 3. The van der Waals surface area contributed by atoms with Crippen LogP contribution in [0.4, 0.5) is 4.39 Å². The summed E-state index contributed by atoms with van der Waals surface area (Å²) in [4.78, 5) is 3.91. The predicted molar refractivity (Wildman–Crippen MR) is 58.8 cm³/mol. The molecule has 0 aliphatic carbocycles. The largest absolute Gasteiger partial charge is 0.492 e. The van der Waals surface area contributed by atoms with Gasteiger partial charge in [0.1, 0.15) is 5.82 Å². The summed E-state index contributed by atoms with van der Waals surface area (Å²) in [5.74, 6) is -0.450. The van der Waals surface area contributed by atoms with E-state index in [9.17, 15) is 9.50 Å². The maximum atomic E-state index is 13.0. The molecule has 1 heterocycles. The van der Waals surface area contributed by atoms with Crippen LogP contribution < -0.4 is 0 Å². The minimum Gasteiger partial charge on any atom is -0.492 e. The lowest BCUT2D eigenvalue weighted by molar-refractivity contribution is 0.452. The molecule has 2 aromatic rings. The summed E-state index contributed by atoms with van der Waals surface area (Å²) in [5.41, 5.74) is 0.534. The zero-order chi connectivity index (χ0) is 10.3. The van der Waals surface area contributed by atoms with E-state index in [0.29, 0.717) is 19.8 Å². The second-order valence-corrected chi connectivity index (χ2v) is 4.46. The van der Waals surface area contributed by atoms with E-state index in [1.807, 2.05) is 0 Å². The van der Waals surface area contributed by atoms with Gasteiger partial charge in [0.25, 0.3) is 0 Å². The molecule has 0 radical (unpaired) electrons. The average Bonchev–Trinajstić information content (AvgIpc) is 2.08. The summed E-state index contributed by atoms with van der Waals surface area (Å²) < 4.78 is 14.0. The molecular weight excluding hydrogens is 317 g/mol. The van der Waals surface area contributed by atoms with Crippen molar-refractivity contribution in [3.8, 4) is 5.88 Å². The first-order valence-corrected chi connectivity index (χ1v) is 5.31. The first-order valence-electron chi connectivity index (χ1n) is 3.72. The fourth-order valence-electron chi connectivity index (χ4n) is 1.17. The highest BCUT2D eigenvalue weighted by molar-refractivity contribution is 9.11. The van der Waals surface area contributed by atoms with Gasteiger partial charge in [0.15, 0.2) is 0 Å². The molecule has 1 aromatic heterocycles. The van der Waals surface area contributed by atoms with Crippen LogP contribution in [0.1, 0.15) is 0 Å². The zero-order valence-corrected chi connectivity index (χ0v) is 9.93. The summed E-state index contributed by atoms with van der Waals surface area (Å²) in [7, 11) is 0. The molecule has 72 valence electrons. The highest BCUT2D eigenvalue weighted by Crippen LogP contribution is 2.30. The van der Waals surface area contributed by atoms with Crippen molar-refractivity contribution in [2.75, 3.05) is 0 Å². The van der Waals surface area contributed by atoms with E-state index in [0.717, 1.165) is 0 Å². The minimum atomic E-state index is -0.344. The van der Waals surface area contributed by atoms with Crippen molar-refractivity contribution in [2.24, 2.45) is 0 Å². The lowest BCUT2D eigenvalue weighted by Gasteiger charge is -2.02. The van der Waals surface area contributed by atoms with Crippen LogP contribution in [-0.4, -0.2) is 10.1 Å². The molecule has 0 unspecified atom stereocenters. The van der Waals surface area contributed by atoms with Crippen LogP contribution in [-0.2, 0) is 0 Å². The van der Waals surface area contributed by atoms with Gasteiger partial charge in [-0.05, 0) is 50.1 Å². The fraction of sp³-hybridized carbons (Fsp3) is 0. The first kappa shape index (κ1) is 9.86. The summed E-state index contributed by atoms with van der Waals surface area (Å²) >= 11 is 6.29. The SMILES string of the molecule is Oc1nc2c(Br)cc(F)cc2cc1Br. The average molecular weight is 321 g/mol. The Bertz CT molecular complexity index is 516. The van der Waals surface area contributed by atoms with Crippen molar-refractivity contribution < 1.29 is 9.50 Å². The number of hydrogen-bond donors (Lipinski definition) is 1. The number of rotatable bonds is 0. The Morgan fingerprint density at radius 3 is 2.57 bits per heavy atom. The van der Waals surface area contributed by atoms with Gasteiger partial charge in [-0.15, -0.1) is 0 Å². The highest BCUT2D eigenvalue weighted by Gasteiger charge is 2.07. The van der Waals surface area contributed by atoms with Crippen LogP contribution in [0.15, 0.2) is 27.1 Å². The van der Waals surface area contributed by atoms with Crippen LogP contribution in [0.25, 0.3) is 10.9 Å². The van der Waals surface area contributed by atoms with Gasteiger partial charge in [0.2, 0.25) is 5.88 Å². The molecule has 1 N–H and O–H groups in total. The molecule has 0 aliphatic heterocycles. The Morgan fingerprint density at radius 1 is 1.14 bits per heavy atom. The van der Waals surface area contributed by atoms with Crippen LogP contribution in [0.5, 0.6) is 5.88 Å². The van der Waals surface area contributed by atoms with E-state index >= 15 is 0 Å². The molecule has 2 nitrogen and oxygen atoms in total. The number of benzene rings is 1. The molecular formula is C9H4Br2FNO. The third-order valence-corrected chi connectivity index (χ3v) is 2.96. The molecule has 1 aromatic carbocycles. The number of aromatic hydroxyl groups is 1. The number of nitrogens with zero attached hydrogens (tertiary/aromatic N) is 1. The van der Waals surface area contributed by atoms with Crippen molar-refractivity contribution in [2.45, 2.75) is 0 Å². The summed E-state index contributed by atoms with van der Waals surface area (Å²) in [5, 5.41) is 9.96. The molecule has 2 rings (SSSR count). The van der Waals surface area contributed by atoms with Crippen LogP contribution in [0, 0.1) is 5.82 Å². The van der Waals surface area contributed by atoms with Crippen molar-refractivity contribution in [3.63, 3.8) is 0 Å². The molecule has 0 atom stereocenters. The van der Waals surface area contributed by atoms with Gasteiger partial charge in [-0.2, -0.15) is 0 Å². The van der Waals surface area contributed by atoms with Crippen LogP contribution >= 0.6 is 31.9 Å². The molecule has 5 heteroatoms. The number of hydrogen-bond acceptors (Lipinski definition) is 2. The van der Waals surface area contributed by atoms with Crippen molar-refractivity contribution in [1.29, 1.82) is 0 Å². The van der Waals surface area contributed by atoms with Crippen molar-refractivity contribution in [3.05, 3.63) is 33.0 Å². The molecule has 0 aliphatic rings. The lowest BCUT2D eigenvalue weighted by Crippen LogP contribution is -1.84. The van der Waals surface area contributed by atoms with Crippen molar-refractivity contribution in [1.82, 2.24) is 4.98 Å². The van der Waals surface area contributed by atoms with Crippen LogP contribution in [0.2, 0.25) is 0 Å². The maximum absolute atomic E-state index is 13.0. The number of aromatic nitrogens is 1. The summed E-state index contributed by atoms with van der Waals surface area (Å²) in [6.07, 6.45) is 0. The molecule has 0 saturated carbocycles. The fourth-order valence-corrected chi connectivity index (χ4v) is 2.05. The van der Waals surface area contributed by atoms with E-state index in [2.05, 4.69) is 36.8 Å². The molecule has 0 fully saturated rings. The molecule has 14 heavy (non-hydrogen) atoms. The van der Waals surface area contributed by atoms with Crippen LogP contribution in [0.3, 0.4) is 0 Å². The second kappa shape index (κ2) is 3.47. The third-order valence-electron chi connectivity index (χ3n) is 1.77. The van der Waals surface area contributed by atoms with Gasteiger partial charge in [-0.3, -0.25) is 0 Å².